The number of hydrogen-bond donors (Lipinski definition) is 3. The van der Waals surface area contributed by atoms with Crippen LogP contribution in [0.15, 0.2) is 0 Å². The van der Waals surface area contributed by atoms with Gasteiger partial charge < -0.3 is 11.1 Å². The third-order valence-electron chi connectivity index (χ3n) is 5.51. The molecule has 0 amide bonds. The number of hydrogen-bond acceptors (Lipinski definition) is 4. The van der Waals surface area contributed by atoms with Crippen molar-refractivity contribution in [3.8, 4) is 6.07 Å². The highest BCUT2D eigenvalue weighted by Crippen LogP contribution is 2.33. The maximum atomic E-state index is 9.06. The minimum Gasteiger partial charge on any atom is -0.381 e. The van der Waals surface area contributed by atoms with E-state index in [1.807, 2.05) is 0 Å². The highest BCUT2D eigenvalue weighted by atomic mass is 15.2. The van der Waals surface area contributed by atoms with Crippen molar-refractivity contribution in [2.75, 3.05) is 12.3 Å². The number of aryl methyl sites for hydroxylation is 1. The van der Waals surface area contributed by atoms with Gasteiger partial charge >= 0.3 is 0 Å². The molecule has 1 aromatic rings. The Morgan fingerprint density at radius 3 is 2.83 bits per heavy atom. The highest BCUT2D eigenvalue weighted by Gasteiger charge is 2.29. The van der Waals surface area contributed by atoms with Crippen LogP contribution in [0.25, 0.3) is 0 Å². The van der Waals surface area contributed by atoms with Gasteiger partial charge in [-0.2, -0.15) is 10.4 Å². The molecule has 0 spiro atoms. The van der Waals surface area contributed by atoms with E-state index in [1.54, 1.807) is 0 Å². The average Bonchev–Trinajstić information content (AvgIpc) is 2.90. The van der Waals surface area contributed by atoms with Crippen molar-refractivity contribution < 1.29 is 0 Å². The second-order valence-electron chi connectivity index (χ2n) is 7.77. The zero-order valence-corrected chi connectivity index (χ0v) is 15.4. The van der Waals surface area contributed by atoms with Crippen molar-refractivity contribution in [1.82, 2.24) is 15.5 Å². The molecule has 0 saturated heterocycles. The number of nitrogens with zero attached hydrogens (tertiary/aromatic N) is 2. The second-order valence-corrected chi connectivity index (χ2v) is 7.77. The maximum Gasteiger partial charge on any atom is 0.163 e. The summed E-state index contributed by atoms with van der Waals surface area (Å²) in [5.41, 5.74) is 7.06. The number of nitrogens with one attached hydrogen (secondary N) is 2. The lowest BCUT2D eigenvalue weighted by atomic mass is 9.74. The smallest absolute Gasteiger partial charge is 0.163 e. The summed E-state index contributed by atoms with van der Waals surface area (Å²) in [5, 5.41) is 19.7. The second kappa shape index (κ2) is 9.08. The predicted molar refractivity (Wildman–Crippen MR) is 98.4 cm³/mol. The van der Waals surface area contributed by atoms with Gasteiger partial charge in [0.25, 0.3) is 0 Å². The van der Waals surface area contributed by atoms with Crippen molar-refractivity contribution in [2.24, 2.45) is 17.8 Å². The van der Waals surface area contributed by atoms with Crippen LogP contribution < -0.4 is 11.1 Å². The standard InChI is InChI=1S/C19H33N5/c1-13(2)15-9-8-14(3)11-18(15)22-10-6-4-5-7-17-16(12-20)19(21)24-23-17/h13-15,18,22H,4-11H2,1-3H3,(H3,21,23,24)/t14-,15-,18-/m1/s1. The summed E-state index contributed by atoms with van der Waals surface area (Å²) in [7, 11) is 0. The first-order valence-electron chi connectivity index (χ1n) is 9.49. The van der Waals surface area contributed by atoms with Gasteiger partial charge in [0, 0.05) is 6.04 Å². The number of aromatic amines is 1. The van der Waals surface area contributed by atoms with Crippen molar-refractivity contribution in [3.63, 3.8) is 0 Å². The first kappa shape index (κ1) is 18.8. The first-order chi connectivity index (χ1) is 11.5. The van der Waals surface area contributed by atoms with Crippen LogP contribution in [0.5, 0.6) is 0 Å². The summed E-state index contributed by atoms with van der Waals surface area (Å²) in [4.78, 5) is 0. The van der Waals surface area contributed by atoms with E-state index in [0.717, 1.165) is 49.3 Å². The molecule has 1 saturated carbocycles. The monoisotopic (exact) mass is 331 g/mol. The lowest BCUT2D eigenvalue weighted by Gasteiger charge is -2.38. The molecule has 5 heteroatoms. The van der Waals surface area contributed by atoms with Gasteiger partial charge in [0.15, 0.2) is 5.82 Å². The minimum atomic E-state index is 0.320. The van der Waals surface area contributed by atoms with Gasteiger partial charge in [-0.05, 0) is 56.4 Å². The zero-order valence-electron chi connectivity index (χ0n) is 15.4. The molecular weight excluding hydrogens is 298 g/mol. The number of nitriles is 1. The van der Waals surface area contributed by atoms with E-state index in [0.29, 0.717) is 17.4 Å². The number of aromatic nitrogens is 2. The normalized spacial score (nSPS) is 24.2. The van der Waals surface area contributed by atoms with Gasteiger partial charge in [-0.25, -0.2) is 0 Å². The summed E-state index contributed by atoms with van der Waals surface area (Å²) < 4.78 is 0. The molecule has 134 valence electrons. The number of rotatable bonds is 8. The summed E-state index contributed by atoms with van der Waals surface area (Å²) in [6.07, 6.45) is 8.33. The Hall–Kier alpha value is -1.54. The number of H-pyrrole nitrogens is 1. The van der Waals surface area contributed by atoms with Crippen LogP contribution in [0, 0.1) is 29.1 Å². The van der Waals surface area contributed by atoms with E-state index in [2.05, 4.69) is 42.4 Å². The molecule has 0 unspecified atom stereocenters. The van der Waals surface area contributed by atoms with Gasteiger partial charge in [0.1, 0.15) is 11.6 Å². The molecule has 1 heterocycles. The Bertz CT molecular complexity index is 542. The van der Waals surface area contributed by atoms with Crippen molar-refractivity contribution in [1.29, 1.82) is 5.26 Å². The molecule has 24 heavy (non-hydrogen) atoms. The van der Waals surface area contributed by atoms with Crippen molar-refractivity contribution >= 4 is 5.82 Å². The number of anilines is 1. The number of nitrogens with two attached hydrogens (primary N) is 1. The van der Waals surface area contributed by atoms with Gasteiger partial charge in [-0.3, -0.25) is 5.10 Å². The van der Waals surface area contributed by atoms with Crippen molar-refractivity contribution in [2.45, 2.75) is 71.8 Å². The van der Waals surface area contributed by atoms with Crippen LogP contribution in [0.4, 0.5) is 5.82 Å². The Balaban J connectivity index is 1.66. The molecule has 0 aliphatic heterocycles. The average molecular weight is 332 g/mol. The van der Waals surface area contributed by atoms with Crippen LogP contribution in [-0.4, -0.2) is 22.8 Å². The number of unbranched alkanes of at least 4 members (excludes halogenated alkanes) is 2. The lowest BCUT2D eigenvalue weighted by molar-refractivity contribution is 0.170. The van der Waals surface area contributed by atoms with Gasteiger partial charge in [-0.1, -0.05) is 33.6 Å². The summed E-state index contributed by atoms with van der Waals surface area (Å²) >= 11 is 0. The van der Waals surface area contributed by atoms with E-state index in [1.165, 1.54) is 25.7 Å². The third kappa shape index (κ3) is 4.98. The minimum absolute atomic E-state index is 0.320. The van der Waals surface area contributed by atoms with E-state index in [9.17, 15) is 0 Å². The predicted octanol–water partition coefficient (Wildman–Crippen LogP) is 3.63. The summed E-state index contributed by atoms with van der Waals surface area (Å²) in [6.45, 7) is 8.20. The van der Waals surface area contributed by atoms with Crippen molar-refractivity contribution in [3.05, 3.63) is 11.3 Å². The largest absolute Gasteiger partial charge is 0.381 e. The first-order valence-corrected chi connectivity index (χ1v) is 9.49. The molecule has 0 aromatic carbocycles. The summed E-state index contributed by atoms with van der Waals surface area (Å²) in [6, 6.07) is 2.81. The molecule has 0 bridgehead atoms. The molecule has 5 nitrogen and oxygen atoms in total. The van der Waals surface area contributed by atoms with Gasteiger partial charge in [0.05, 0.1) is 5.69 Å². The fourth-order valence-corrected chi connectivity index (χ4v) is 4.03. The third-order valence-corrected chi connectivity index (χ3v) is 5.51. The Kier molecular flexibility index (Phi) is 7.11. The number of nitrogen functional groups attached to an aromatic ring is 1. The van der Waals surface area contributed by atoms with Crippen LogP contribution in [0.3, 0.4) is 0 Å². The highest BCUT2D eigenvalue weighted by molar-refractivity contribution is 5.50. The topological polar surface area (TPSA) is 90.5 Å². The van der Waals surface area contributed by atoms with E-state index in [4.69, 9.17) is 11.0 Å². The van der Waals surface area contributed by atoms with E-state index < -0.39 is 0 Å². The molecule has 4 N–H and O–H groups in total. The molecule has 1 fully saturated rings. The molecule has 1 aliphatic carbocycles. The van der Waals surface area contributed by atoms with Crippen LogP contribution in [0.1, 0.15) is 70.6 Å². The molecule has 1 aliphatic rings. The Labute approximate surface area is 146 Å². The van der Waals surface area contributed by atoms with E-state index >= 15 is 0 Å². The van der Waals surface area contributed by atoms with Gasteiger partial charge in [-0.15, -0.1) is 0 Å². The lowest BCUT2D eigenvalue weighted by Crippen LogP contribution is -2.43. The molecular formula is C19H33N5. The van der Waals surface area contributed by atoms with Crippen LogP contribution >= 0.6 is 0 Å². The zero-order chi connectivity index (χ0) is 17.5. The molecule has 1 aromatic heterocycles. The van der Waals surface area contributed by atoms with E-state index in [-0.39, 0.29) is 0 Å². The quantitative estimate of drug-likeness (QED) is 0.634. The molecule has 0 radical (unpaired) electrons. The maximum absolute atomic E-state index is 9.06. The van der Waals surface area contributed by atoms with Crippen LogP contribution in [0.2, 0.25) is 0 Å². The SMILES string of the molecule is CC(C)[C@H]1CC[C@@H](C)C[C@H]1NCCCCCc1[nH]nc(N)c1C#N. The molecule has 2 rings (SSSR count). The fourth-order valence-electron chi connectivity index (χ4n) is 4.03. The Morgan fingerprint density at radius 2 is 2.12 bits per heavy atom. The van der Waals surface area contributed by atoms with Crippen LogP contribution in [-0.2, 0) is 6.42 Å². The van der Waals surface area contributed by atoms with Gasteiger partial charge in [0.2, 0.25) is 0 Å². The Morgan fingerprint density at radius 1 is 1.33 bits per heavy atom. The molecule has 3 atom stereocenters. The summed E-state index contributed by atoms with van der Waals surface area (Å²) in [5.74, 6) is 2.77. The fraction of sp³-hybridized carbons (Fsp3) is 0.789.